The zero-order chi connectivity index (χ0) is 14.2. The Labute approximate surface area is 104 Å². The highest BCUT2D eigenvalue weighted by Crippen LogP contribution is 2.22. The Morgan fingerprint density at radius 3 is 2.63 bits per heavy atom. The SMILES string of the molecule is Cc1ccc2occ(/C(=N/O)C(F)(F)F)c(=O)c2c1. The van der Waals surface area contributed by atoms with Gasteiger partial charge in [-0.05, 0) is 19.1 Å². The number of hydrogen-bond acceptors (Lipinski definition) is 4. The molecule has 0 aliphatic rings. The molecule has 0 bridgehead atoms. The van der Waals surface area contributed by atoms with Crippen LogP contribution in [0.2, 0.25) is 0 Å². The summed E-state index contributed by atoms with van der Waals surface area (Å²) < 4.78 is 42.7. The first-order valence-electron chi connectivity index (χ1n) is 5.16. The van der Waals surface area contributed by atoms with Gasteiger partial charge >= 0.3 is 6.18 Å². The van der Waals surface area contributed by atoms with E-state index in [1.807, 2.05) is 0 Å². The van der Waals surface area contributed by atoms with Crippen LogP contribution in [0.15, 0.2) is 38.8 Å². The van der Waals surface area contributed by atoms with Crippen LogP contribution in [0.1, 0.15) is 11.1 Å². The van der Waals surface area contributed by atoms with Gasteiger partial charge in [0.1, 0.15) is 11.8 Å². The van der Waals surface area contributed by atoms with Gasteiger partial charge in [-0.3, -0.25) is 4.79 Å². The molecule has 1 N–H and O–H groups in total. The van der Waals surface area contributed by atoms with E-state index < -0.39 is 22.9 Å². The van der Waals surface area contributed by atoms with Crippen LogP contribution in [0.25, 0.3) is 11.0 Å². The number of benzene rings is 1. The van der Waals surface area contributed by atoms with Crippen LogP contribution in [-0.4, -0.2) is 17.1 Å². The Kier molecular flexibility index (Phi) is 3.05. The summed E-state index contributed by atoms with van der Waals surface area (Å²) in [6.45, 7) is 1.69. The van der Waals surface area contributed by atoms with Crippen molar-refractivity contribution in [2.75, 3.05) is 0 Å². The summed E-state index contributed by atoms with van der Waals surface area (Å²) in [7, 11) is 0. The zero-order valence-electron chi connectivity index (χ0n) is 9.65. The Morgan fingerprint density at radius 1 is 1.37 bits per heavy atom. The zero-order valence-corrected chi connectivity index (χ0v) is 9.65. The summed E-state index contributed by atoms with van der Waals surface area (Å²) in [4.78, 5) is 12.0. The molecule has 0 spiro atoms. The first kappa shape index (κ1) is 13.1. The largest absolute Gasteiger partial charge is 0.463 e. The second-order valence-corrected chi connectivity index (χ2v) is 3.92. The molecule has 0 fully saturated rings. The van der Waals surface area contributed by atoms with Crippen molar-refractivity contribution in [3.8, 4) is 0 Å². The van der Waals surface area contributed by atoms with E-state index in [1.165, 1.54) is 12.1 Å². The lowest BCUT2D eigenvalue weighted by atomic mass is 10.1. The molecular weight excluding hydrogens is 263 g/mol. The molecule has 7 heteroatoms. The number of oxime groups is 1. The van der Waals surface area contributed by atoms with E-state index >= 15 is 0 Å². The first-order chi connectivity index (χ1) is 8.84. The maximum absolute atomic E-state index is 12.6. The third-order valence-corrected chi connectivity index (χ3v) is 2.55. The van der Waals surface area contributed by atoms with Gasteiger partial charge < -0.3 is 9.62 Å². The third kappa shape index (κ3) is 2.31. The van der Waals surface area contributed by atoms with E-state index in [0.717, 1.165) is 0 Å². The molecule has 1 aromatic heterocycles. The van der Waals surface area contributed by atoms with E-state index in [2.05, 4.69) is 5.16 Å². The van der Waals surface area contributed by atoms with Gasteiger partial charge in [-0.1, -0.05) is 16.8 Å². The van der Waals surface area contributed by atoms with E-state index in [-0.39, 0.29) is 11.0 Å². The van der Waals surface area contributed by atoms with Gasteiger partial charge in [0.05, 0.1) is 10.9 Å². The Morgan fingerprint density at radius 2 is 2.05 bits per heavy atom. The molecule has 19 heavy (non-hydrogen) atoms. The quantitative estimate of drug-likeness (QED) is 0.493. The monoisotopic (exact) mass is 271 g/mol. The predicted octanol–water partition coefficient (Wildman–Crippen LogP) is 2.84. The molecule has 4 nitrogen and oxygen atoms in total. The van der Waals surface area contributed by atoms with Crippen molar-refractivity contribution in [1.29, 1.82) is 0 Å². The molecule has 0 radical (unpaired) electrons. The lowest BCUT2D eigenvalue weighted by Gasteiger charge is -2.08. The second-order valence-electron chi connectivity index (χ2n) is 3.92. The van der Waals surface area contributed by atoms with E-state index in [1.54, 1.807) is 13.0 Å². The minimum absolute atomic E-state index is 0.00269. The van der Waals surface area contributed by atoms with Crippen LogP contribution in [0.5, 0.6) is 0 Å². The highest BCUT2D eigenvalue weighted by molar-refractivity contribution is 6.05. The van der Waals surface area contributed by atoms with Crippen molar-refractivity contribution >= 4 is 16.7 Å². The molecule has 2 rings (SSSR count). The van der Waals surface area contributed by atoms with Crippen molar-refractivity contribution < 1.29 is 22.8 Å². The smallest absolute Gasteiger partial charge is 0.437 e. The van der Waals surface area contributed by atoms with Gasteiger partial charge in [0, 0.05) is 0 Å². The Bertz CT molecular complexity index is 716. The minimum atomic E-state index is -4.94. The van der Waals surface area contributed by atoms with Gasteiger partial charge in [0.15, 0.2) is 5.71 Å². The van der Waals surface area contributed by atoms with Gasteiger partial charge in [-0.25, -0.2) is 0 Å². The topological polar surface area (TPSA) is 62.8 Å². The molecule has 0 saturated heterocycles. The number of halogens is 3. The van der Waals surface area contributed by atoms with Crippen molar-refractivity contribution in [2.45, 2.75) is 13.1 Å². The summed E-state index contributed by atoms with van der Waals surface area (Å²) in [5.41, 5.74) is -2.53. The molecule has 0 saturated carbocycles. The van der Waals surface area contributed by atoms with Crippen LogP contribution in [0, 0.1) is 6.92 Å². The number of alkyl halides is 3. The number of fused-ring (bicyclic) bond motifs is 1. The van der Waals surface area contributed by atoms with Crippen LogP contribution in [-0.2, 0) is 0 Å². The van der Waals surface area contributed by atoms with Crippen LogP contribution in [0.4, 0.5) is 13.2 Å². The molecule has 1 aromatic carbocycles. The predicted molar refractivity (Wildman–Crippen MR) is 61.6 cm³/mol. The molecule has 0 unspecified atom stereocenters. The van der Waals surface area contributed by atoms with Gasteiger partial charge in [0.2, 0.25) is 5.43 Å². The Balaban J connectivity index is 2.77. The standard InChI is InChI=1S/C12H8F3NO3/c1-6-2-3-9-7(4-6)10(17)8(5-19-9)11(16-18)12(13,14)15/h2-5,18H,1H3/b16-11-. The normalized spacial score (nSPS) is 12.9. The maximum atomic E-state index is 12.6. The number of hydrogen-bond donors (Lipinski definition) is 1. The lowest BCUT2D eigenvalue weighted by Crippen LogP contribution is -2.29. The Hall–Kier alpha value is -2.31. The molecule has 0 atom stereocenters. The summed E-state index contributed by atoms with van der Waals surface area (Å²) in [6.07, 6.45) is -4.30. The fourth-order valence-electron chi connectivity index (χ4n) is 1.67. The van der Waals surface area contributed by atoms with Crippen LogP contribution < -0.4 is 5.43 Å². The van der Waals surface area contributed by atoms with Crippen LogP contribution in [0.3, 0.4) is 0 Å². The second kappa shape index (κ2) is 4.42. The summed E-state index contributed by atoms with van der Waals surface area (Å²) in [5, 5.41) is 10.6. The average Bonchev–Trinajstić information content (AvgIpc) is 2.32. The average molecular weight is 271 g/mol. The summed E-state index contributed by atoms with van der Waals surface area (Å²) >= 11 is 0. The highest BCUT2D eigenvalue weighted by atomic mass is 19.4. The van der Waals surface area contributed by atoms with E-state index in [4.69, 9.17) is 9.62 Å². The minimum Gasteiger partial charge on any atom is -0.463 e. The van der Waals surface area contributed by atoms with Crippen molar-refractivity contribution in [3.05, 3.63) is 45.8 Å². The van der Waals surface area contributed by atoms with Gasteiger partial charge in [0.25, 0.3) is 0 Å². The van der Waals surface area contributed by atoms with Crippen molar-refractivity contribution in [2.24, 2.45) is 5.16 Å². The molecule has 2 aromatic rings. The third-order valence-electron chi connectivity index (χ3n) is 2.55. The van der Waals surface area contributed by atoms with Gasteiger partial charge in [-0.15, -0.1) is 0 Å². The maximum Gasteiger partial charge on any atom is 0.437 e. The molecule has 100 valence electrons. The molecule has 0 aliphatic heterocycles. The molecule has 0 aliphatic carbocycles. The van der Waals surface area contributed by atoms with Crippen molar-refractivity contribution in [3.63, 3.8) is 0 Å². The molecule has 1 heterocycles. The molecular formula is C12H8F3NO3. The van der Waals surface area contributed by atoms with Gasteiger partial charge in [-0.2, -0.15) is 13.2 Å². The molecule has 0 amide bonds. The number of rotatable bonds is 1. The lowest BCUT2D eigenvalue weighted by molar-refractivity contribution is -0.0602. The van der Waals surface area contributed by atoms with E-state index in [0.29, 0.717) is 11.8 Å². The fraction of sp³-hybridized carbons (Fsp3) is 0.167. The van der Waals surface area contributed by atoms with Crippen molar-refractivity contribution in [1.82, 2.24) is 0 Å². The number of nitrogens with zero attached hydrogens (tertiary/aromatic N) is 1. The number of aryl methyl sites for hydroxylation is 1. The fourth-order valence-corrected chi connectivity index (χ4v) is 1.67. The highest BCUT2D eigenvalue weighted by Gasteiger charge is 2.39. The first-order valence-corrected chi connectivity index (χ1v) is 5.16. The summed E-state index contributed by atoms with van der Waals surface area (Å²) in [5.74, 6) is 0. The van der Waals surface area contributed by atoms with E-state index in [9.17, 15) is 18.0 Å². The summed E-state index contributed by atoms with van der Waals surface area (Å²) in [6, 6.07) is 4.56. The van der Waals surface area contributed by atoms with Crippen LogP contribution >= 0.6 is 0 Å².